The van der Waals surface area contributed by atoms with Crippen molar-refractivity contribution >= 4 is 0 Å². The number of hydrogen-bond acceptors (Lipinski definition) is 2. The Hall–Kier alpha value is -0.340. The van der Waals surface area contributed by atoms with E-state index in [1.54, 1.807) is 6.08 Å². The SMILES string of the molecule is C=C[C@]1(O)C[C@H]2C[C@@H]3C[C@@](O)(CC31)C2. The molecule has 5 atom stereocenters. The van der Waals surface area contributed by atoms with Crippen LogP contribution in [0.15, 0.2) is 12.7 Å². The van der Waals surface area contributed by atoms with E-state index >= 15 is 0 Å². The van der Waals surface area contributed by atoms with Crippen molar-refractivity contribution < 1.29 is 10.2 Å². The smallest absolute Gasteiger partial charge is 0.0859 e. The third-order valence-corrected chi connectivity index (χ3v) is 4.73. The summed E-state index contributed by atoms with van der Waals surface area (Å²) in [7, 11) is 0. The molecule has 1 unspecified atom stereocenters. The lowest BCUT2D eigenvalue weighted by Crippen LogP contribution is -2.44. The summed E-state index contributed by atoms with van der Waals surface area (Å²) in [5.41, 5.74) is -1.14. The van der Waals surface area contributed by atoms with Gasteiger partial charge in [-0.15, -0.1) is 6.58 Å². The van der Waals surface area contributed by atoms with E-state index in [9.17, 15) is 10.2 Å². The maximum absolute atomic E-state index is 10.4. The summed E-state index contributed by atoms with van der Waals surface area (Å²) in [6.45, 7) is 3.76. The van der Waals surface area contributed by atoms with Crippen LogP contribution in [0, 0.1) is 17.8 Å². The summed E-state index contributed by atoms with van der Waals surface area (Å²) in [6, 6.07) is 0. The zero-order chi connectivity index (χ0) is 9.97. The second kappa shape index (κ2) is 2.42. The number of hydrogen-bond donors (Lipinski definition) is 2. The predicted molar refractivity (Wildman–Crippen MR) is 53.7 cm³/mol. The number of aliphatic hydroxyl groups is 2. The molecule has 0 aromatic heterocycles. The Balaban J connectivity index is 2.02. The molecular formula is C12H18O2. The third-order valence-electron chi connectivity index (χ3n) is 4.73. The van der Waals surface area contributed by atoms with Crippen LogP contribution < -0.4 is 0 Å². The molecular weight excluding hydrogens is 176 g/mol. The van der Waals surface area contributed by atoms with Crippen molar-refractivity contribution in [1.29, 1.82) is 0 Å². The van der Waals surface area contributed by atoms with E-state index in [1.807, 2.05) is 0 Å². The molecule has 0 saturated heterocycles. The van der Waals surface area contributed by atoms with Crippen LogP contribution >= 0.6 is 0 Å². The maximum atomic E-state index is 10.4. The van der Waals surface area contributed by atoms with Crippen molar-refractivity contribution in [3.8, 4) is 0 Å². The Morgan fingerprint density at radius 2 is 1.93 bits per heavy atom. The molecule has 0 spiro atoms. The van der Waals surface area contributed by atoms with E-state index in [0.29, 0.717) is 11.8 Å². The molecule has 0 aromatic carbocycles. The van der Waals surface area contributed by atoms with Crippen LogP contribution in [-0.4, -0.2) is 21.4 Å². The van der Waals surface area contributed by atoms with E-state index in [0.717, 1.165) is 25.7 Å². The zero-order valence-corrected chi connectivity index (χ0v) is 8.45. The first-order valence-corrected chi connectivity index (χ1v) is 5.63. The maximum Gasteiger partial charge on any atom is 0.0859 e. The minimum atomic E-state index is -0.686. The zero-order valence-electron chi connectivity index (χ0n) is 8.45. The van der Waals surface area contributed by atoms with Crippen molar-refractivity contribution in [3.05, 3.63) is 12.7 Å². The molecule has 3 bridgehead atoms. The summed E-state index contributed by atoms with van der Waals surface area (Å²) < 4.78 is 0. The predicted octanol–water partition coefficient (Wildman–Crippen LogP) is 1.47. The molecule has 2 N–H and O–H groups in total. The molecule has 78 valence electrons. The van der Waals surface area contributed by atoms with Gasteiger partial charge in [0.05, 0.1) is 11.2 Å². The topological polar surface area (TPSA) is 40.5 Å². The summed E-state index contributed by atoms with van der Waals surface area (Å²) in [6.07, 6.45) is 6.34. The molecule has 0 aliphatic heterocycles. The lowest BCUT2D eigenvalue weighted by molar-refractivity contribution is -0.0525. The van der Waals surface area contributed by atoms with E-state index in [1.165, 1.54) is 6.42 Å². The second-order valence-electron chi connectivity index (χ2n) is 5.70. The normalized spacial score (nSPS) is 60.3. The van der Waals surface area contributed by atoms with Gasteiger partial charge in [0.25, 0.3) is 0 Å². The molecule has 3 rings (SSSR count). The Morgan fingerprint density at radius 3 is 2.64 bits per heavy atom. The van der Waals surface area contributed by atoms with Crippen molar-refractivity contribution in [2.75, 3.05) is 0 Å². The second-order valence-corrected chi connectivity index (χ2v) is 5.70. The Kier molecular flexibility index (Phi) is 1.54. The lowest BCUT2D eigenvalue weighted by atomic mass is 9.64. The van der Waals surface area contributed by atoms with Gasteiger partial charge in [-0.3, -0.25) is 0 Å². The summed E-state index contributed by atoms with van der Waals surface area (Å²) in [4.78, 5) is 0. The molecule has 14 heavy (non-hydrogen) atoms. The molecule has 2 heteroatoms. The monoisotopic (exact) mass is 194 g/mol. The quantitative estimate of drug-likeness (QED) is 0.621. The van der Waals surface area contributed by atoms with Crippen molar-refractivity contribution in [2.45, 2.75) is 43.3 Å². The Labute approximate surface area is 84.6 Å². The van der Waals surface area contributed by atoms with Gasteiger partial charge in [-0.05, 0) is 49.9 Å². The molecule has 3 aliphatic carbocycles. The Morgan fingerprint density at radius 1 is 1.14 bits per heavy atom. The summed E-state index contributed by atoms with van der Waals surface area (Å²) in [5, 5.41) is 20.7. The highest BCUT2D eigenvalue weighted by atomic mass is 16.3. The average Bonchev–Trinajstić information content (AvgIpc) is 2.31. The fourth-order valence-electron chi connectivity index (χ4n) is 4.34. The third kappa shape index (κ3) is 0.986. The van der Waals surface area contributed by atoms with Gasteiger partial charge >= 0.3 is 0 Å². The van der Waals surface area contributed by atoms with E-state index < -0.39 is 11.2 Å². The van der Waals surface area contributed by atoms with Crippen molar-refractivity contribution in [1.82, 2.24) is 0 Å². The van der Waals surface area contributed by atoms with E-state index in [2.05, 4.69) is 6.58 Å². The first-order valence-electron chi connectivity index (χ1n) is 5.63. The van der Waals surface area contributed by atoms with Gasteiger partial charge < -0.3 is 10.2 Å². The highest BCUT2D eigenvalue weighted by Crippen LogP contribution is 2.60. The van der Waals surface area contributed by atoms with Crippen molar-refractivity contribution in [2.24, 2.45) is 17.8 Å². The fraction of sp³-hybridized carbons (Fsp3) is 0.833. The molecule has 2 nitrogen and oxygen atoms in total. The van der Waals surface area contributed by atoms with Crippen LogP contribution in [0.3, 0.4) is 0 Å². The molecule has 3 fully saturated rings. The van der Waals surface area contributed by atoms with E-state index in [4.69, 9.17) is 0 Å². The molecule has 3 saturated carbocycles. The fourth-order valence-corrected chi connectivity index (χ4v) is 4.34. The van der Waals surface area contributed by atoms with Crippen LogP contribution in [0.5, 0.6) is 0 Å². The van der Waals surface area contributed by atoms with Gasteiger partial charge in [0, 0.05) is 0 Å². The highest BCUT2D eigenvalue weighted by Gasteiger charge is 2.59. The number of rotatable bonds is 1. The van der Waals surface area contributed by atoms with Gasteiger partial charge in [0.2, 0.25) is 0 Å². The Bertz CT molecular complexity index is 288. The van der Waals surface area contributed by atoms with Gasteiger partial charge in [0.15, 0.2) is 0 Å². The van der Waals surface area contributed by atoms with Gasteiger partial charge in [-0.2, -0.15) is 0 Å². The molecule has 0 amide bonds. The van der Waals surface area contributed by atoms with Crippen LogP contribution in [0.4, 0.5) is 0 Å². The molecule has 3 aliphatic rings. The average molecular weight is 194 g/mol. The molecule has 0 heterocycles. The van der Waals surface area contributed by atoms with Crippen LogP contribution in [0.1, 0.15) is 32.1 Å². The standard InChI is InChI=1S/C12H18O2/c1-2-12(14)5-8-3-9-6-11(13,4-8)7-10(9)12/h2,8-10,13-14H,1,3-7H2/t8-,9+,10?,11+,12-/m0/s1. The van der Waals surface area contributed by atoms with Gasteiger partial charge in [-0.1, -0.05) is 6.08 Å². The summed E-state index contributed by atoms with van der Waals surface area (Å²) >= 11 is 0. The minimum Gasteiger partial charge on any atom is -0.390 e. The van der Waals surface area contributed by atoms with Gasteiger partial charge in [0.1, 0.15) is 0 Å². The van der Waals surface area contributed by atoms with Crippen LogP contribution in [0.2, 0.25) is 0 Å². The lowest BCUT2D eigenvalue weighted by Gasteiger charge is -2.44. The van der Waals surface area contributed by atoms with Crippen LogP contribution in [0.25, 0.3) is 0 Å². The largest absolute Gasteiger partial charge is 0.390 e. The first kappa shape index (κ1) is 8.93. The number of fused-ring (bicyclic) bond motifs is 2. The molecule has 0 radical (unpaired) electrons. The first-order chi connectivity index (χ1) is 6.55. The van der Waals surface area contributed by atoms with Crippen LogP contribution in [-0.2, 0) is 0 Å². The van der Waals surface area contributed by atoms with E-state index in [-0.39, 0.29) is 5.92 Å². The summed E-state index contributed by atoms with van der Waals surface area (Å²) in [5.74, 6) is 1.32. The highest BCUT2D eigenvalue weighted by molar-refractivity contribution is 5.16. The molecule has 0 aromatic rings. The minimum absolute atomic E-state index is 0.267. The van der Waals surface area contributed by atoms with Crippen molar-refractivity contribution in [3.63, 3.8) is 0 Å². The van der Waals surface area contributed by atoms with Gasteiger partial charge in [-0.25, -0.2) is 0 Å².